The molecular formula is C17H23F3N2O2. The van der Waals surface area contributed by atoms with Gasteiger partial charge in [-0.25, -0.2) is 4.79 Å². The number of benzene rings is 1. The molecule has 1 aromatic rings. The van der Waals surface area contributed by atoms with Gasteiger partial charge in [0.15, 0.2) is 6.10 Å². The number of urea groups is 1. The highest BCUT2D eigenvalue weighted by Gasteiger charge is 2.44. The Morgan fingerprint density at radius 3 is 2.42 bits per heavy atom. The summed E-state index contributed by atoms with van der Waals surface area (Å²) in [6, 6.07) is 7.25. The van der Waals surface area contributed by atoms with Crippen LogP contribution in [0.15, 0.2) is 24.3 Å². The van der Waals surface area contributed by atoms with Crippen molar-refractivity contribution in [2.75, 3.05) is 13.1 Å². The maximum atomic E-state index is 12.5. The molecule has 2 rings (SSSR count). The van der Waals surface area contributed by atoms with Crippen LogP contribution in [0.5, 0.6) is 0 Å². The van der Waals surface area contributed by atoms with Gasteiger partial charge in [-0.3, -0.25) is 0 Å². The highest BCUT2D eigenvalue weighted by atomic mass is 19.4. The van der Waals surface area contributed by atoms with Crippen LogP contribution in [0.2, 0.25) is 0 Å². The van der Waals surface area contributed by atoms with Crippen LogP contribution in [0.25, 0.3) is 0 Å². The van der Waals surface area contributed by atoms with E-state index in [1.165, 1.54) is 4.90 Å². The molecule has 1 saturated heterocycles. The summed E-state index contributed by atoms with van der Waals surface area (Å²) in [5.41, 5.74) is 2.07. The van der Waals surface area contributed by atoms with Crippen LogP contribution >= 0.6 is 0 Å². The smallest absolute Gasteiger partial charge is 0.383 e. The molecule has 0 aliphatic carbocycles. The molecule has 1 aliphatic rings. The highest BCUT2D eigenvalue weighted by Crippen LogP contribution is 2.31. The lowest BCUT2D eigenvalue weighted by molar-refractivity contribution is -0.222. The molecule has 4 nitrogen and oxygen atoms in total. The van der Waals surface area contributed by atoms with Crippen molar-refractivity contribution in [3.63, 3.8) is 0 Å². The van der Waals surface area contributed by atoms with Gasteiger partial charge >= 0.3 is 12.2 Å². The van der Waals surface area contributed by atoms with Gasteiger partial charge < -0.3 is 15.3 Å². The largest absolute Gasteiger partial charge is 0.414 e. The van der Waals surface area contributed by atoms with Crippen LogP contribution in [0, 0.1) is 12.8 Å². The minimum Gasteiger partial charge on any atom is -0.383 e. The van der Waals surface area contributed by atoms with Crippen molar-refractivity contribution in [2.45, 2.75) is 45.0 Å². The molecule has 2 atom stereocenters. The molecule has 2 unspecified atom stereocenters. The van der Waals surface area contributed by atoms with E-state index in [9.17, 15) is 23.1 Å². The summed E-state index contributed by atoms with van der Waals surface area (Å²) < 4.78 is 37.6. The predicted octanol–water partition coefficient (Wildman–Crippen LogP) is 3.40. The summed E-state index contributed by atoms with van der Waals surface area (Å²) in [6.45, 7) is 4.26. The average Bonchev–Trinajstić information content (AvgIpc) is 2.53. The number of piperidine rings is 1. The van der Waals surface area contributed by atoms with Crippen LogP contribution in [0.3, 0.4) is 0 Å². The molecule has 2 N–H and O–H groups in total. The Balaban J connectivity index is 1.88. The van der Waals surface area contributed by atoms with Gasteiger partial charge in [-0.05, 0) is 43.7 Å². The van der Waals surface area contributed by atoms with E-state index in [2.05, 4.69) is 5.32 Å². The third kappa shape index (κ3) is 4.41. The number of amides is 2. The SMILES string of the molecule is Cc1ccccc1C(C)NC(=O)N1CCC(C(O)C(F)(F)F)CC1. The summed E-state index contributed by atoms with van der Waals surface area (Å²) in [6.07, 6.45) is -6.62. The third-order valence-electron chi connectivity index (χ3n) is 4.60. The molecule has 7 heteroatoms. The first kappa shape index (κ1) is 18.6. The van der Waals surface area contributed by atoms with Gasteiger partial charge in [0.1, 0.15) is 0 Å². The Labute approximate surface area is 139 Å². The molecule has 0 aromatic heterocycles. The van der Waals surface area contributed by atoms with Gasteiger partial charge in [-0.2, -0.15) is 13.2 Å². The topological polar surface area (TPSA) is 52.6 Å². The first-order chi connectivity index (χ1) is 11.2. The van der Waals surface area contributed by atoms with E-state index in [0.717, 1.165) is 11.1 Å². The second kappa shape index (κ2) is 7.42. The van der Waals surface area contributed by atoms with E-state index in [1.807, 2.05) is 38.1 Å². The number of alkyl halides is 3. The fourth-order valence-electron chi connectivity index (χ4n) is 3.11. The second-order valence-corrected chi connectivity index (χ2v) is 6.34. The van der Waals surface area contributed by atoms with Crippen LogP contribution in [-0.2, 0) is 0 Å². The van der Waals surface area contributed by atoms with Crippen molar-refractivity contribution in [1.82, 2.24) is 10.2 Å². The molecule has 134 valence electrons. The third-order valence-corrected chi connectivity index (χ3v) is 4.60. The summed E-state index contributed by atoms with van der Waals surface area (Å²) in [5, 5.41) is 12.2. The van der Waals surface area contributed by atoms with E-state index in [1.54, 1.807) is 0 Å². The maximum absolute atomic E-state index is 12.5. The van der Waals surface area contributed by atoms with E-state index in [0.29, 0.717) is 0 Å². The van der Waals surface area contributed by atoms with Crippen molar-refractivity contribution >= 4 is 6.03 Å². The van der Waals surface area contributed by atoms with Crippen molar-refractivity contribution in [1.29, 1.82) is 0 Å². The van der Waals surface area contributed by atoms with Gasteiger partial charge in [0.05, 0.1) is 6.04 Å². The zero-order valence-electron chi connectivity index (χ0n) is 13.8. The van der Waals surface area contributed by atoms with E-state index in [4.69, 9.17) is 0 Å². The molecule has 0 bridgehead atoms. The number of hydrogen-bond acceptors (Lipinski definition) is 2. The second-order valence-electron chi connectivity index (χ2n) is 6.34. The summed E-state index contributed by atoms with van der Waals surface area (Å²) in [4.78, 5) is 13.8. The zero-order valence-corrected chi connectivity index (χ0v) is 13.8. The van der Waals surface area contributed by atoms with Crippen LogP contribution < -0.4 is 5.32 Å². The normalized spacial score (nSPS) is 19.0. The minimum atomic E-state index is -4.60. The van der Waals surface area contributed by atoms with Crippen LogP contribution in [0.4, 0.5) is 18.0 Å². The van der Waals surface area contributed by atoms with Gasteiger partial charge in [-0.1, -0.05) is 24.3 Å². The number of likely N-dealkylation sites (tertiary alicyclic amines) is 1. The van der Waals surface area contributed by atoms with E-state index >= 15 is 0 Å². The zero-order chi connectivity index (χ0) is 17.9. The van der Waals surface area contributed by atoms with E-state index in [-0.39, 0.29) is 38.0 Å². The molecule has 24 heavy (non-hydrogen) atoms. The predicted molar refractivity (Wildman–Crippen MR) is 84.5 cm³/mol. The Morgan fingerprint density at radius 2 is 1.88 bits per heavy atom. The molecule has 1 fully saturated rings. The lowest BCUT2D eigenvalue weighted by Crippen LogP contribution is -2.48. The number of aliphatic hydroxyl groups excluding tert-OH is 1. The summed E-state index contributed by atoms with van der Waals surface area (Å²) in [7, 11) is 0. The molecule has 1 aliphatic heterocycles. The molecule has 2 amide bonds. The lowest BCUT2D eigenvalue weighted by atomic mass is 9.91. The number of carbonyl (C=O) groups excluding carboxylic acids is 1. The number of carbonyl (C=O) groups is 1. The van der Waals surface area contributed by atoms with Crippen molar-refractivity contribution in [3.8, 4) is 0 Å². The monoisotopic (exact) mass is 344 g/mol. The standard InChI is InChI=1S/C17H23F3N2O2/c1-11-5-3-4-6-14(11)12(2)21-16(24)22-9-7-13(8-10-22)15(23)17(18,19)20/h3-6,12-13,15,23H,7-10H2,1-2H3,(H,21,24). The number of rotatable bonds is 3. The number of nitrogens with zero attached hydrogens (tertiary/aromatic N) is 1. The number of nitrogens with one attached hydrogen (secondary N) is 1. The van der Waals surface area contributed by atoms with Gasteiger partial charge in [0.25, 0.3) is 0 Å². The number of aliphatic hydroxyl groups is 1. The minimum absolute atomic E-state index is 0.146. The number of halogens is 3. The summed E-state index contributed by atoms with van der Waals surface area (Å²) in [5.74, 6) is -0.845. The number of aryl methyl sites for hydroxylation is 1. The van der Waals surface area contributed by atoms with Crippen molar-refractivity contribution < 1.29 is 23.1 Å². The molecule has 1 heterocycles. The van der Waals surface area contributed by atoms with Crippen LogP contribution in [-0.4, -0.2) is 41.4 Å². The molecule has 1 aromatic carbocycles. The fourth-order valence-corrected chi connectivity index (χ4v) is 3.11. The van der Waals surface area contributed by atoms with Gasteiger partial charge in [0, 0.05) is 13.1 Å². The fraction of sp³-hybridized carbons (Fsp3) is 0.588. The quantitative estimate of drug-likeness (QED) is 0.883. The molecule has 0 radical (unpaired) electrons. The Hall–Kier alpha value is -1.76. The molecule has 0 saturated carbocycles. The van der Waals surface area contributed by atoms with Gasteiger partial charge in [-0.15, -0.1) is 0 Å². The Bertz CT molecular complexity index is 569. The van der Waals surface area contributed by atoms with Crippen molar-refractivity contribution in [2.24, 2.45) is 5.92 Å². The van der Waals surface area contributed by atoms with Crippen LogP contribution in [0.1, 0.15) is 36.9 Å². The van der Waals surface area contributed by atoms with E-state index < -0.39 is 18.2 Å². The first-order valence-electron chi connectivity index (χ1n) is 8.06. The lowest BCUT2D eigenvalue weighted by Gasteiger charge is -2.35. The summed E-state index contributed by atoms with van der Waals surface area (Å²) >= 11 is 0. The number of hydrogen-bond donors (Lipinski definition) is 2. The molecule has 0 spiro atoms. The van der Waals surface area contributed by atoms with Gasteiger partial charge in [0.2, 0.25) is 0 Å². The van der Waals surface area contributed by atoms with Crippen molar-refractivity contribution in [3.05, 3.63) is 35.4 Å². The first-order valence-corrected chi connectivity index (χ1v) is 8.06. The Morgan fingerprint density at radius 1 is 1.29 bits per heavy atom. The average molecular weight is 344 g/mol. The maximum Gasteiger partial charge on any atom is 0.414 e. The molecular weight excluding hydrogens is 321 g/mol. The Kier molecular flexibility index (Phi) is 5.74. The highest BCUT2D eigenvalue weighted by molar-refractivity contribution is 5.74.